The summed E-state index contributed by atoms with van der Waals surface area (Å²) in [5.74, 6) is -0.655. The molecule has 0 spiro atoms. The van der Waals surface area contributed by atoms with Gasteiger partial charge in [-0.15, -0.1) is 11.8 Å². The summed E-state index contributed by atoms with van der Waals surface area (Å²) in [7, 11) is 2.58. The Balaban J connectivity index is 2.74. The molecule has 2 aromatic carbocycles. The number of methoxy groups -OCH3 is 2. The van der Waals surface area contributed by atoms with Crippen molar-refractivity contribution in [2.75, 3.05) is 33.7 Å². The first-order valence-electron chi connectivity index (χ1n) is 8.88. The van der Waals surface area contributed by atoms with Gasteiger partial charge < -0.3 is 19.3 Å². The number of carbonyl (C=O) groups excluding carboxylic acids is 1. The standard InChI is InChI=1S/C21H20FN3O5S/c1-28-15-10-16(18(22)17(11-15)30-9-8-26)19(20(31-3)25-21(27)29-2)24-14-6-4-13(12-23)5-7-14/h4-7,10-11,26H,8-9H2,1-3H3/b24-19?,25-20-. The molecule has 0 radical (unpaired) electrons. The van der Waals surface area contributed by atoms with Crippen LogP contribution in [0.3, 0.4) is 0 Å². The van der Waals surface area contributed by atoms with Gasteiger partial charge in [0.1, 0.15) is 23.1 Å². The number of amides is 1. The molecule has 31 heavy (non-hydrogen) atoms. The zero-order valence-electron chi connectivity index (χ0n) is 17.1. The number of aliphatic hydroxyl groups excluding tert-OH is 1. The van der Waals surface area contributed by atoms with Gasteiger partial charge in [0.15, 0.2) is 11.6 Å². The van der Waals surface area contributed by atoms with Crippen molar-refractivity contribution in [1.29, 1.82) is 5.26 Å². The highest BCUT2D eigenvalue weighted by Crippen LogP contribution is 2.30. The molecule has 0 aliphatic carbocycles. The number of nitrogens with zero attached hydrogens (tertiary/aromatic N) is 3. The van der Waals surface area contributed by atoms with E-state index < -0.39 is 11.9 Å². The molecule has 0 unspecified atom stereocenters. The van der Waals surface area contributed by atoms with E-state index >= 15 is 4.39 Å². The predicted molar refractivity (Wildman–Crippen MR) is 116 cm³/mol. The van der Waals surface area contributed by atoms with Crippen molar-refractivity contribution in [3.05, 3.63) is 53.3 Å². The number of ether oxygens (including phenoxy) is 3. The van der Waals surface area contributed by atoms with Crippen LogP contribution in [-0.4, -0.2) is 55.6 Å². The van der Waals surface area contributed by atoms with Crippen molar-refractivity contribution in [3.8, 4) is 17.6 Å². The molecule has 8 nitrogen and oxygen atoms in total. The molecule has 1 amide bonds. The zero-order chi connectivity index (χ0) is 22.8. The fraction of sp³-hybridized carbons (Fsp3) is 0.238. The molecule has 2 rings (SSSR count). The molecule has 10 heteroatoms. The molecule has 0 saturated heterocycles. The molecular formula is C21H20FN3O5S. The maximum Gasteiger partial charge on any atom is 0.434 e. The highest BCUT2D eigenvalue weighted by molar-refractivity contribution is 8.15. The second kappa shape index (κ2) is 11.7. The Hall–Kier alpha value is -3.42. The number of thioether (sulfide) groups is 1. The van der Waals surface area contributed by atoms with Crippen LogP contribution in [0.15, 0.2) is 46.4 Å². The number of rotatable bonds is 7. The molecule has 0 bridgehead atoms. The number of aliphatic hydroxyl groups is 1. The minimum atomic E-state index is -0.878. The normalized spacial score (nSPS) is 11.6. The van der Waals surface area contributed by atoms with Gasteiger partial charge >= 0.3 is 6.09 Å². The van der Waals surface area contributed by atoms with Gasteiger partial charge in [-0.3, -0.25) is 0 Å². The number of hydrogen-bond acceptors (Lipinski definition) is 8. The topological polar surface area (TPSA) is 114 Å². The molecule has 0 saturated carbocycles. The zero-order valence-corrected chi connectivity index (χ0v) is 17.9. The molecule has 162 valence electrons. The average molecular weight is 445 g/mol. The van der Waals surface area contributed by atoms with Gasteiger partial charge in [0, 0.05) is 11.6 Å². The third kappa shape index (κ3) is 6.28. The van der Waals surface area contributed by atoms with Gasteiger partial charge in [-0.25, -0.2) is 14.2 Å². The van der Waals surface area contributed by atoms with Crippen LogP contribution in [0.2, 0.25) is 0 Å². The highest BCUT2D eigenvalue weighted by Gasteiger charge is 2.22. The third-order valence-corrected chi connectivity index (χ3v) is 4.52. The van der Waals surface area contributed by atoms with E-state index in [0.29, 0.717) is 11.3 Å². The van der Waals surface area contributed by atoms with E-state index in [1.807, 2.05) is 6.07 Å². The lowest BCUT2D eigenvalue weighted by molar-refractivity contribution is 0.183. The summed E-state index contributed by atoms with van der Waals surface area (Å²) < 4.78 is 30.5. The molecule has 0 aliphatic rings. The van der Waals surface area contributed by atoms with E-state index in [-0.39, 0.29) is 41.0 Å². The SMILES string of the molecule is COC(=O)/N=C(\SC)C(=Nc1ccc(C#N)cc1)c1cc(OC)cc(OCCO)c1F. The number of aliphatic imine (C=N–C) groups is 2. The summed E-state index contributed by atoms with van der Waals surface area (Å²) in [5, 5.41) is 18.1. The van der Waals surface area contributed by atoms with Crippen molar-refractivity contribution in [1.82, 2.24) is 0 Å². The Kier molecular flexibility index (Phi) is 8.99. The smallest absolute Gasteiger partial charge is 0.434 e. The fourth-order valence-corrected chi connectivity index (χ4v) is 2.92. The molecule has 0 fully saturated rings. The van der Waals surface area contributed by atoms with Gasteiger partial charge in [0.25, 0.3) is 0 Å². The van der Waals surface area contributed by atoms with E-state index in [2.05, 4.69) is 14.7 Å². The molecule has 1 N–H and O–H groups in total. The van der Waals surface area contributed by atoms with Crippen LogP contribution in [0.25, 0.3) is 0 Å². The van der Waals surface area contributed by atoms with Crippen LogP contribution in [0.4, 0.5) is 14.9 Å². The molecule has 0 atom stereocenters. The summed E-state index contributed by atoms with van der Waals surface area (Å²) >= 11 is 1.07. The van der Waals surface area contributed by atoms with E-state index in [1.54, 1.807) is 30.5 Å². The lowest BCUT2D eigenvalue weighted by Crippen LogP contribution is -2.17. The van der Waals surface area contributed by atoms with Gasteiger partial charge in [-0.05, 0) is 36.6 Å². The largest absolute Gasteiger partial charge is 0.497 e. The van der Waals surface area contributed by atoms with Crippen LogP contribution in [0, 0.1) is 17.1 Å². The minimum absolute atomic E-state index is 0.0337. The molecule has 2 aromatic rings. The monoisotopic (exact) mass is 445 g/mol. The summed E-state index contributed by atoms with van der Waals surface area (Å²) in [4.78, 5) is 20.1. The lowest BCUT2D eigenvalue weighted by Gasteiger charge is -2.14. The second-order valence-corrected chi connectivity index (χ2v) is 6.56. The molecule has 0 aromatic heterocycles. The number of benzene rings is 2. The quantitative estimate of drug-likeness (QED) is 0.510. The maximum absolute atomic E-state index is 15.3. The van der Waals surface area contributed by atoms with Gasteiger partial charge in [0.05, 0.1) is 38.1 Å². The van der Waals surface area contributed by atoms with Crippen molar-refractivity contribution >= 4 is 34.3 Å². The van der Waals surface area contributed by atoms with E-state index in [9.17, 15) is 4.79 Å². The Bertz CT molecular complexity index is 1030. The number of halogens is 1. The van der Waals surface area contributed by atoms with Gasteiger partial charge in [-0.1, -0.05) is 0 Å². The Morgan fingerprint density at radius 2 is 1.97 bits per heavy atom. The highest BCUT2D eigenvalue weighted by atomic mass is 32.2. The molecule has 0 aliphatic heterocycles. The summed E-state index contributed by atoms with van der Waals surface area (Å²) in [5.41, 5.74) is 0.836. The third-order valence-electron chi connectivity index (χ3n) is 3.85. The number of hydrogen-bond donors (Lipinski definition) is 1. The Labute approximate surface area is 183 Å². The van der Waals surface area contributed by atoms with Crippen molar-refractivity contribution < 1.29 is 28.5 Å². The van der Waals surface area contributed by atoms with E-state index in [0.717, 1.165) is 11.8 Å². The van der Waals surface area contributed by atoms with Crippen LogP contribution >= 0.6 is 11.8 Å². The van der Waals surface area contributed by atoms with Crippen LogP contribution in [-0.2, 0) is 4.74 Å². The van der Waals surface area contributed by atoms with Crippen molar-refractivity contribution in [2.24, 2.45) is 9.98 Å². The van der Waals surface area contributed by atoms with Gasteiger partial charge in [0.2, 0.25) is 0 Å². The van der Waals surface area contributed by atoms with Crippen LogP contribution < -0.4 is 9.47 Å². The van der Waals surface area contributed by atoms with Crippen molar-refractivity contribution in [2.45, 2.75) is 0 Å². The Morgan fingerprint density at radius 3 is 2.52 bits per heavy atom. The summed E-state index contributed by atoms with van der Waals surface area (Å²) in [6.45, 7) is -0.435. The van der Waals surface area contributed by atoms with Crippen LogP contribution in [0.1, 0.15) is 11.1 Å². The van der Waals surface area contributed by atoms with Crippen molar-refractivity contribution in [3.63, 3.8) is 0 Å². The average Bonchev–Trinajstić information content (AvgIpc) is 2.80. The second-order valence-electron chi connectivity index (χ2n) is 5.77. The first-order chi connectivity index (χ1) is 15.0. The first kappa shape index (κ1) is 23.9. The number of nitriles is 1. The maximum atomic E-state index is 15.3. The number of carbonyl (C=O) groups is 1. The lowest BCUT2D eigenvalue weighted by atomic mass is 10.1. The molecule has 0 heterocycles. The summed E-state index contributed by atoms with van der Waals surface area (Å²) in [6, 6.07) is 11.0. The van der Waals surface area contributed by atoms with E-state index in [1.165, 1.54) is 26.4 Å². The minimum Gasteiger partial charge on any atom is -0.497 e. The first-order valence-corrected chi connectivity index (χ1v) is 10.1. The predicted octanol–water partition coefficient (Wildman–Crippen LogP) is 3.73. The van der Waals surface area contributed by atoms with Crippen LogP contribution in [0.5, 0.6) is 11.5 Å². The summed E-state index contributed by atoms with van der Waals surface area (Å²) in [6.07, 6.45) is 0.772. The van der Waals surface area contributed by atoms with E-state index in [4.69, 9.17) is 19.8 Å². The van der Waals surface area contributed by atoms with Gasteiger partial charge in [-0.2, -0.15) is 10.3 Å². The molecular weight excluding hydrogens is 425 g/mol. The Morgan fingerprint density at radius 1 is 1.26 bits per heavy atom. The fourth-order valence-electron chi connectivity index (χ4n) is 2.41.